The zero-order valence-electron chi connectivity index (χ0n) is 16.3. The molecule has 0 saturated carbocycles. The summed E-state index contributed by atoms with van der Waals surface area (Å²) < 4.78 is 10.8. The van der Waals surface area contributed by atoms with Gasteiger partial charge in [0.1, 0.15) is 29.5 Å². The minimum Gasteiger partial charge on any atom is -0.503 e. The summed E-state index contributed by atoms with van der Waals surface area (Å²) in [7, 11) is 3.15. The van der Waals surface area contributed by atoms with E-state index in [1.165, 1.54) is 13.4 Å². The Kier molecular flexibility index (Phi) is 6.25. The van der Waals surface area contributed by atoms with Crippen LogP contribution in [-0.2, 0) is 9.53 Å². The molecule has 0 unspecified atom stereocenters. The number of aliphatic carboxylic acids is 1. The molecule has 0 saturated heterocycles. The Morgan fingerprint density at radius 1 is 1.17 bits per heavy atom. The standard InChI is InChI=1S/C22H18N4O4/c1-26(18-9-5-3-7-15(18)12-23)20-11-21(25-14-24-20)30-19-10-6-4-8-16(19)17(13-29-2)22(27)28/h3-11,13-14H,1-2H3,(H,27,28)/b17-13+. The fourth-order valence-electron chi connectivity index (χ4n) is 2.79. The van der Waals surface area contributed by atoms with Crippen LogP contribution in [0.25, 0.3) is 5.57 Å². The van der Waals surface area contributed by atoms with Crippen molar-refractivity contribution in [2.24, 2.45) is 0 Å². The zero-order chi connectivity index (χ0) is 21.5. The van der Waals surface area contributed by atoms with E-state index in [0.29, 0.717) is 28.4 Å². The minimum absolute atomic E-state index is 0.0533. The highest BCUT2D eigenvalue weighted by atomic mass is 16.5. The van der Waals surface area contributed by atoms with Crippen molar-refractivity contribution in [3.8, 4) is 17.7 Å². The van der Waals surface area contributed by atoms with Crippen LogP contribution in [0.15, 0.2) is 67.2 Å². The van der Waals surface area contributed by atoms with Crippen LogP contribution in [-0.4, -0.2) is 35.2 Å². The van der Waals surface area contributed by atoms with Gasteiger partial charge in [0.25, 0.3) is 0 Å². The predicted octanol–water partition coefficient (Wildman–Crippen LogP) is 3.98. The Labute approximate surface area is 173 Å². The second-order valence-corrected chi connectivity index (χ2v) is 6.07. The van der Waals surface area contributed by atoms with Gasteiger partial charge < -0.3 is 19.5 Å². The van der Waals surface area contributed by atoms with Gasteiger partial charge in [-0.05, 0) is 18.2 Å². The maximum Gasteiger partial charge on any atom is 0.339 e. The molecule has 0 aliphatic carbocycles. The quantitative estimate of drug-likeness (QED) is 0.467. The number of anilines is 2. The first-order valence-electron chi connectivity index (χ1n) is 8.83. The summed E-state index contributed by atoms with van der Waals surface area (Å²) in [6.45, 7) is 0. The van der Waals surface area contributed by atoms with Crippen molar-refractivity contribution >= 4 is 23.0 Å². The molecule has 0 atom stereocenters. The first kappa shape index (κ1) is 20.4. The monoisotopic (exact) mass is 402 g/mol. The number of ether oxygens (including phenoxy) is 2. The summed E-state index contributed by atoms with van der Waals surface area (Å²) in [6, 6.07) is 17.6. The van der Waals surface area contributed by atoms with Crippen LogP contribution in [0, 0.1) is 11.3 Å². The van der Waals surface area contributed by atoms with E-state index in [2.05, 4.69) is 16.0 Å². The number of benzene rings is 2. The molecule has 0 amide bonds. The molecule has 0 spiro atoms. The van der Waals surface area contributed by atoms with E-state index in [-0.39, 0.29) is 11.5 Å². The molecule has 3 rings (SSSR count). The highest BCUT2D eigenvalue weighted by Crippen LogP contribution is 2.32. The average molecular weight is 402 g/mol. The molecule has 0 fully saturated rings. The maximum absolute atomic E-state index is 11.6. The first-order chi connectivity index (χ1) is 14.5. The number of carbonyl (C=O) groups is 1. The van der Waals surface area contributed by atoms with Crippen molar-refractivity contribution < 1.29 is 19.4 Å². The summed E-state index contributed by atoms with van der Waals surface area (Å²) >= 11 is 0. The van der Waals surface area contributed by atoms with Crippen LogP contribution >= 0.6 is 0 Å². The van der Waals surface area contributed by atoms with Crippen molar-refractivity contribution in [1.82, 2.24) is 9.97 Å². The number of nitrogens with zero attached hydrogens (tertiary/aromatic N) is 4. The molecule has 30 heavy (non-hydrogen) atoms. The highest BCUT2D eigenvalue weighted by Gasteiger charge is 2.17. The number of carboxylic acids is 1. The van der Waals surface area contributed by atoms with Gasteiger partial charge in [-0.2, -0.15) is 5.26 Å². The van der Waals surface area contributed by atoms with Gasteiger partial charge in [0.05, 0.1) is 24.6 Å². The Hall–Kier alpha value is -4.38. The van der Waals surface area contributed by atoms with Crippen LogP contribution in [0.4, 0.5) is 11.5 Å². The Bertz CT molecular complexity index is 1140. The molecule has 8 heteroatoms. The minimum atomic E-state index is -1.15. The molecule has 1 N–H and O–H groups in total. The number of nitriles is 1. The van der Waals surface area contributed by atoms with E-state index in [0.717, 1.165) is 6.26 Å². The van der Waals surface area contributed by atoms with Crippen LogP contribution in [0.1, 0.15) is 11.1 Å². The van der Waals surface area contributed by atoms with E-state index in [4.69, 9.17) is 9.47 Å². The van der Waals surface area contributed by atoms with Gasteiger partial charge in [0.15, 0.2) is 0 Å². The molecule has 1 heterocycles. The number of rotatable bonds is 7. The Morgan fingerprint density at radius 3 is 2.63 bits per heavy atom. The van der Waals surface area contributed by atoms with Crippen molar-refractivity contribution in [3.05, 3.63) is 78.3 Å². The van der Waals surface area contributed by atoms with Crippen molar-refractivity contribution in [2.75, 3.05) is 19.1 Å². The maximum atomic E-state index is 11.6. The van der Waals surface area contributed by atoms with Gasteiger partial charge >= 0.3 is 5.97 Å². The molecule has 0 bridgehead atoms. The lowest BCUT2D eigenvalue weighted by molar-refractivity contribution is -0.130. The number of aromatic nitrogens is 2. The third-order valence-electron chi connectivity index (χ3n) is 4.21. The highest BCUT2D eigenvalue weighted by molar-refractivity contribution is 6.15. The van der Waals surface area contributed by atoms with Gasteiger partial charge in [-0.1, -0.05) is 30.3 Å². The van der Waals surface area contributed by atoms with Crippen molar-refractivity contribution in [2.45, 2.75) is 0 Å². The molecule has 2 aromatic carbocycles. The van der Waals surface area contributed by atoms with Gasteiger partial charge in [0.2, 0.25) is 5.88 Å². The molecule has 3 aromatic rings. The lowest BCUT2D eigenvalue weighted by atomic mass is 10.1. The van der Waals surface area contributed by atoms with Crippen LogP contribution in [0.5, 0.6) is 11.6 Å². The SMILES string of the molecule is CO/C=C(/C(=O)O)c1ccccc1Oc1cc(N(C)c2ccccc2C#N)ncn1. The Balaban J connectivity index is 1.95. The number of hydrogen-bond acceptors (Lipinski definition) is 7. The smallest absolute Gasteiger partial charge is 0.339 e. The molecule has 8 nitrogen and oxygen atoms in total. The second kappa shape index (κ2) is 9.21. The lowest BCUT2D eigenvalue weighted by Crippen LogP contribution is -2.13. The number of methoxy groups -OCH3 is 1. The molecule has 0 aliphatic heterocycles. The number of carboxylic acid groups (broad SMARTS) is 1. The number of hydrogen-bond donors (Lipinski definition) is 1. The average Bonchev–Trinajstić information content (AvgIpc) is 2.77. The van der Waals surface area contributed by atoms with Gasteiger partial charge in [-0.3, -0.25) is 0 Å². The summed E-state index contributed by atoms with van der Waals surface area (Å²) in [5.41, 5.74) is 1.47. The third kappa shape index (κ3) is 4.36. The predicted molar refractivity (Wildman–Crippen MR) is 110 cm³/mol. The molecule has 0 aliphatic rings. The summed E-state index contributed by atoms with van der Waals surface area (Å²) in [5, 5.41) is 18.8. The largest absolute Gasteiger partial charge is 0.503 e. The summed E-state index contributed by atoms with van der Waals surface area (Å²) in [5.74, 6) is -0.126. The third-order valence-corrected chi connectivity index (χ3v) is 4.21. The molecule has 0 radical (unpaired) electrons. The van der Waals surface area contributed by atoms with E-state index in [1.807, 2.05) is 12.1 Å². The van der Waals surface area contributed by atoms with Crippen LogP contribution in [0.3, 0.4) is 0 Å². The van der Waals surface area contributed by atoms with Crippen molar-refractivity contribution in [3.63, 3.8) is 0 Å². The van der Waals surface area contributed by atoms with Crippen LogP contribution < -0.4 is 9.64 Å². The van der Waals surface area contributed by atoms with E-state index < -0.39 is 5.97 Å². The molecule has 150 valence electrons. The van der Waals surface area contributed by atoms with Gasteiger partial charge in [-0.15, -0.1) is 0 Å². The molecular formula is C22H18N4O4. The lowest BCUT2D eigenvalue weighted by Gasteiger charge is -2.19. The summed E-state index contributed by atoms with van der Waals surface area (Å²) in [4.78, 5) is 21.7. The normalized spacial score (nSPS) is 10.8. The topological polar surface area (TPSA) is 109 Å². The fraction of sp³-hybridized carbons (Fsp3) is 0.0909. The second-order valence-electron chi connectivity index (χ2n) is 6.07. The molecule has 1 aromatic heterocycles. The van der Waals surface area contributed by atoms with E-state index >= 15 is 0 Å². The van der Waals surface area contributed by atoms with E-state index in [1.54, 1.807) is 54.4 Å². The molecular weight excluding hydrogens is 384 g/mol. The Morgan fingerprint density at radius 2 is 1.90 bits per heavy atom. The van der Waals surface area contributed by atoms with E-state index in [9.17, 15) is 15.2 Å². The van der Waals surface area contributed by atoms with Gasteiger partial charge in [0, 0.05) is 18.7 Å². The first-order valence-corrected chi connectivity index (χ1v) is 8.83. The summed E-state index contributed by atoms with van der Waals surface area (Å²) in [6.07, 6.45) is 2.48. The van der Waals surface area contributed by atoms with Crippen molar-refractivity contribution in [1.29, 1.82) is 5.26 Å². The fourth-order valence-corrected chi connectivity index (χ4v) is 2.79. The zero-order valence-corrected chi connectivity index (χ0v) is 16.3. The van der Waals surface area contributed by atoms with Gasteiger partial charge in [-0.25, -0.2) is 14.8 Å². The van der Waals surface area contributed by atoms with Crippen LogP contribution in [0.2, 0.25) is 0 Å². The number of para-hydroxylation sites is 2.